The number of nitrogens with zero attached hydrogens (tertiary/aromatic N) is 3. The highest BCUT2D eigenvalue weighted by atomic mass is 16.5. The minimum atomic E-state index is -0.969. The minimum Gasteiger partial charge on any atom is -0.492 e. The van der Waals surface area contributed by atoms with Crippen molar-refractivity contribution in [3.8, 4) is 22.8 Å². The highest BCUT2D eigenvalue weighted by molar-refractivity contribution is 5.77. The summed E-state index contributed by atoms with van der Waals surface area (Å²) in [6, 6.07) is 26.1. The number of aliphatic carboxylic acids is 1. The summed E-state index contributed by atoms with van der Waals surface area (Å²) in [5.41, 5.74) is 3.50. The maximum atomic E-state index is 12.1. The SMILES string of the molecule is O=C(O)C(Cc1cccc(OCCN2CCOCC2)c1)Nc1cc(-c2ccc(OCc3ccccc3)cc2)ncn1. The van der Waals surface area contributed by atoms with E-state index in [9.17, 15) is 9.90 Å². The number of rotatable bonds is 13. The van der Waals surface area contributed by atoms with Crippen LogP contribution in [0.2, 0.25) is 0 Å². The largest absolute Gasteiger partial charge is 0.492 e. The molecular weight excluding hydrogens is 520 g/mol. The second-order valence-corrected chi connectivity index (χ2v) is 9.78. The van der Waals surface area contributed by atoms with Crippen molar-refractivity contribution in [2.45, 2.75) is 19.1 Å². The number of hydrogen-bond acceptors (Lipinski definition) is 8. The molecule has 0 aliphatic carbocycles. The normalized spacial score (nSPS) is 14.2. The molecule has 1 aliphatic rings. The molecule has 3 aromatic carbocycles. The molecule has 212 valence electrons. The zero-order valence-corrected chi connectivity index (χ0v) is 22.8. The second-order valence-electron chi connectivity index (χ2n) is 9.78. The van der Waals surface area contributed by atoms with Gasteiger partial charge in [0.2, 0.25) is 0 Å². The average molecular weight is 555 g/mol. The van der Waals surface area contributed by atoms with E-state index < -0.39 is 12.0 Å². The lowest BCUT2D eigenvalue weighted by Crippen LogP contribution is -2.38. The zero-order chi connectivity index (χ0) is 28.3. The van der Waals surface area contributed by atoms with Crippen LogP contribution in [0, 0.1) is 0 Å². The van der Waals surface area contributed by atoms with Gasteiger partial charge in [0.05, 0.1) is 18.9 Å². The van der Waals surface area contributed by atoms with Crippen molar-refractivity contribution in [3.63, 3.8) is 0 Å². The molecule has 1 aliphatic heterocycles. The first-order chi connectivity index (χ1) is 20.1. The molecule has 41 heavy (non-hydrogen) atoms. The van der Waals surface area contributed by atoms with Crippen LogP contribution in [0.3, 0.4) is 0 Å². The molecule has 9 heteroatoms. The van der Waals surface area contributed by atoms with E-state index >= 15 is 0 Å². The van der Waals surface area contributed by atoms with Crippen molar-refractivity contribution < 1.29 is 24.1 Å². The van der Waals surface area contributed by atoms with Gasteiger partial charge in [-0.05, 0) is 47.5 Å². The number of carboxylic acids is 1. The lowest BCUT2D eigenvalue weighted by atomic mass is 10.1. The Labute approximate surface area is 239 Å². The Balaban J connectivity index is 1.17. The van der Waals surface area contributed by atoms with Gasteiger partial charge in [0, 0.05) is 37.7 Å². The summed E-state index contributed by atoms with van der Waals surface area (Å²) in [6.45, 7) is 5.21. The number of ether oxygens (including phenoxy) is 3. The fourth-order valence-corrected chi connectivity index (χ4v) is 4.55. The van der Waals surface area contributed by atoms with Gasteiger partial charge in [-0.1, -0.05) is 42.5 Å². The summed E-state index contributed by atoms with van der Waals surface area (Å²) >= 11 is 0. The number of benzene rings is 3. The number of aromatic nitrogens is 2. The Bertz CT molecular complexity index is 1390. The lowest BCUT2D eigenvalue weighted by Gasteiger charge is -2.26. The number of anilines is 1. The molecular formula is C32H34N4O5. The van der Waals surface area contributed by atoms with Crippen LogP contribution in [0.5, 0.6) is 11.5 Å². The smallest absolute Gasteiger partial charge is 0.326 e. The molecule has 1 atom stereocenters. The summed E-state index contributed by atoms with van der Waals surface area (Å²) in [7, 11) is 0. The van der Waals surface area contributed by atoms with Crippen LogP contribution in [0.25, 0.3) is 11.3 Å². The van der Waals surface area contributed by atoms with Gasteiger partial charge in [0.15, 0.2) is 0 Å². The Morgan fingerprint density at radius 1 is 0.902 bits per heavy atom. The van der Waals surface area contributed by atoms with Gasteiger partial charge in [-0.15, -0.1) is 0 Å². The number of nitrogens with one attached hydrogen (secondary N) is 1. The fraction of sp³-hybridized carbons (Fsp3) is 0.281. The van der Waals surface area contributed by atoms with E-state index in [0.717, 1.165) is 61.0 Å². The van der Waals surface area contributed by atoms with Crippen LogP contribution >= 0.6 is 0 Å². The summed E-state index contributed by atoms with van der Waals surface area (Å²) in [5.74, 6) is 0.942. The van der Waals surface area contributed by atoms with Crippen molar-refractivity contribution in [1.82, 2.24) is 14.9 Å². The van der Waals surface area contributed by atoms with Crippen LogP contribution in [-0.2, 0) is 22.6 Å². The molecule has 1 aromatic heterocycles. The first kappa shape index (κ1) is 28.1. The molecule has 1 saturated heterocycles. The highest BCUT2D eigenvalue weighted by Crippen LogP contribution is 2.23. The zero-order valence-electron chi connectivity index (χ0n) is 22.8. The predicted octanol–water partition coefficient (Wildman–Crippen LogP) is 4.54. The standard InChI is InChI=1S/C32H34N4O5/c37-32(38)30(20-25-7-4-8-28(19-25)40-18-15-36-13-16-39-17-14-36)35-31-21-29(33-23-34-31)26-9-11-27(12-10-26)41-22-24-5-2-1-3-6-24/h1-12,19,21,23,30H,13-18,20,22H2,(H,37,38)(H,33,34,35). The van der Waals surface area contributed by atoms with Crippen molar-refractivity contribution in [2.24, 2.45) is 0 Å². The van der Waals surface area contributed by atoms with Gasteiger partial charge in [-0.3, -0.25) is 4.90 Å². The lowest BCUT2D eigenvalue weighted by molar-refractivity contribution is -0.137. The maximum Gasteiger partial charge on any atom is 0.326 e. The molecule has 2 N–H and O–H groups in total. The Hall–Kier alpha value is -4.47. The quantitative estimate of drug-likeness (QED) is 0.246. The third-order valence-corrected chi connectivity index (χ3v) is 6.80. The number of carboxylic acid groups (broad SMARTS) is 1. The molecule has 0 radical (unpaired) electrons. The molecule has 0 spiro atoms. The van der Waals surface area contributed by atoms with Crippen LogP contribution in [0.4, 0.5) is 5.82 Å². The number of morpholine rings is 1. The first-order valence-electron chi connectivity index (χ1n) is 13.7. The van der Waals surface area contributed by atoms with E-state index in [1.807, 2.05) is 78.9 Å². The summed E-state index contributed by atoms with van der Waals surface area (Å²) in [6.07, 6.45) is 1.70. The Morgan fingerprint density at radius 2 is 1.68 bits per heavy atom. The van der Waals surface area contributed by atoms with Gasteiger partial charge in [-0.2, -0.15) is 0 Å². The molecule has 9 nitrogen and oxygen atoms in total. The molecule has 0 bridgehead atoms. The van der Waals surface area contributed by atoms with E-state index in [0.29, 0.717) is 24.7 Å². The van der Waals surface area contributed by atoms with Crippen molar-refractivity contribution in [3.05, 3.63) is 102 Å². The first-order valence-corrected chi connectivity index (χ1v) is 13.7. The number of hydrogen-bond donors (Lipinski definition) is 2. The van der Waals surface area contributed by atoms with Crippen LogP contribution in [-0.4, -0.2) is 71.4 Å². The van der Waals surface area contributed by atoms with Crippen LogP contribution < -0.4 is 14.8 Å². The van der Waals surface area contributed by atoms with Gasteiger partial charge in [-0.25, -0.2) is 14.8 Å². The Morgan fingerprint density at radius 3 is 2.46 bits per heavy atom. The van der Waals surface area contributed by atoms with Crippen LogP contribution in [0.15, 0.2) is 91.3 Å². The van der Waals surface area contributed by atoms with Gasteiger partial charge in [0.1, 0.15) is 42.9 Å². The Kier molecular flexibility index (Phi) is 9.75. The van der Waals surface area contributed by atoms with Gasteiger partial charge >= 0.3 is 5.97 Å². The molecule has 1 fully saturated rings. The minimum absolute atomic E-state index is 0.267. The van der Waals surface area contributed by atoms with Crippen molar-refractivity contribution >= 4 is 11.8 Å². The maximum absolute atomic E-state index is 12.1. The summed E-state index contributed by atoms with van der Waals surface area (Å²) < 4.78 is 17.2. The monoisotopic (exact) mass is 554 g/mol. The number of carbonyl (C=O) groups is 1. The topological polar surface area (TPSA) is 106 Å². The molecule has 0 amide bonds. The van der Waals surface area contributed by atoms with Crippen molar-refractivity contribution in [1.29, 1.82) is 0 Å². The average Bonchev–Trinajstić information content (AvgIpc) is 3.01. The van der Waals surface area contributed by atoms with E-state index in [2.05, 4.69) is 20.2 Å². The van der Waals surface area contributed by atoms with Gasteiger partial charge < -0.3 is 24.6 Å². The molecule has 2 heterocycles. The van der Waals surface area contributed by atoms with Crippen LogP contribution in [0.1, 0.15) is 11.1 Å². The highest BCUT2D eigenvalue weighted by Gasteiger charge is 2.19. The fourth-order valence-electron chi connectivity index (χ4n) is 4.55. The predicted molar refractivity (Wildman–Crippen MR) is 156 cm³/mol. The molecule has 5 rings (SSSR count). The molecule has 1 unspecified atom stereocenters. The van der Waals surface area contributed by atoms with E-state index in [-0.39, 0.29) is 6.42 Å². The third-order valence-electron chi connectivity index (χ3n) is 6.80. The second kappa shape index (κ2) is 14.2. The summed E-state index contributed by atoms with van der Waals surface area (Å²) in [5, 5.41) is 13.0. The molecule has 4 aromatic rings. The van der Waals surface area contributed by atoms with Crippen molar-refractivity contribution in [2.75, 3.05) is 44.8 Å². The van der Waals surface area contributed by atoms with E-state index in [1.54, 1.807) is 6.07 Å². The third kappa shape index (κ3) is 8.51. The van der Waals surface area contributed by atoms with E-state index in [1.165, 1.54) is 6.33 Å². The molecule has 0 saturated carbocycles. The summed E-state index contributed by atoms with van der Waals surface area (Å²) in [4.78, 5) is 23.1. The van der Waals surface area contributed by atoms with Gasteiger partial charge in [0.25, 0.3) is 0 Å². The van der Waals surface area contributed by atoms with E-state index in [4.69, 9.17) is 14.2 Å².